The van der Waals surface area contributed by atoms with E-state index in [2.05, 4.69) is 21.2 Å². The summed E-state index contributed by atoms with van der Waals surface area (Å²) in [5, 5.41) is 13.8. The average Bonchev–Trinajstić information content (AvgIpc) is 2.95. The summed E-state index contributed by atoms with van der Waals surface area (Å²) >= 11 is 5.09. The zero-order valence-corrected chi connectivity index (χ0v) is 25.7. The third kappa shape index (κ3) is 5.98. The fourth-order valence-corrected chi connectivity index (χ4v) is 6.27. The van der Waals surface area contributed by atoms with E-state index in [4.69, 9.17) is 18.9 Å². The van der Waals surface area contributed by atoms with Gasteiger partial charge in [-0.1, -0.05) is 13.0 Å². The number of aromatic hydroxyl groups is 1. The minimum Gasteiger partial charge on any atom is -0.503 e. The molecule has 2 aliphatic rings. The molecule has 2 aromatic carbocycles. The molecular weight excluding hydrogens is 598 g/mol. The SMILES string of the molecule is CCSCCOC(=O)C1=C(C)NC2=C(C(=O)C[C@@H](c3ccc(OC)c(OC)c3)C2)[C@@H]1c1cc(Br)c(O)c(OC)c1. The quantitative estimate of drug-likeness (QED) is 0.247. The number of hydrogen-bond donors (Lipinski definition) is 2. The molecular formula is C30H34BrNO7S. The molecule has 10 heteroatoms. The molecule has 0 unspecified atom stereocenters. The number of hydrogen-bond acceptors (Lipinski definition) is 9. The van der Waals surface area contributed by atoms with E-state index in [1.807, 2.05) is 32.0 Å². The molecule has 1 aliphatic carbocycles. The first-order valence-electron chi connectivity index (χ1n) is 13.0. The maximum absolute atomic E-state index is 13.9. The van der Waals surface area contributed by atoms with Crippen molar-refractivity contribution in [2.24, 2.45) is 0 Å². The number of halogens is 1. The minimum absolute atomic E-state index is 0.0562. The predicted molar refractivity (Wildman–Crippen MR) is 158 cm³/mol. The summed E-state index contributed by atoms with van der Waals surface area (Å²) in [5.74, 6) is 1.69. The number of Topliss-reactive ketones (excluding diaryl/α,β-unsaturated/α-hetero) is 1. The van der Waals surface area contributed by atoms with Crippen molar-refractivity contribution < 1.29 is 33.6 Å². The Morgan fingerprint density at radius 1 is 1.05 bits per heavy atom. The molecule has 214 valence electrons. The maximum Gasteiger partial charge on any atom is 0.336 e. The van der Waals surface area contributed by atoms with Crippen LogP contribution in [0.25, 0.3) is 0 Å². The number of phenolic OH excluding ortho intramolecular Hbond substituents is 1. The van der Waals surface area contributed by atoms with E-state index >= 15 is 0 Å². The zero-order valence-electron chi connectivity index (χ0n) is 23.3. The Labute approximate surface area is 247 Å². The second-order valence-corrected chi connectivity index (χ2v) is 11.8. The van der Waals surface area contributed by atoms with Crippen molar-refractivity contribution in [2.45, 2.75) is 38.5 Å². The van der Waals surface area contributed by atoms with Crippen molar-refractivity contribution in [1.82, 2.24) is 5.32 Å². The first-order valence-corrected chi connectivity index (χ1v) is 15.0. The van der Waals surface area contributed by atoms with Crippen LogP contribution in [-0.4, -0.2) is 56.3 Å². The Bertz CT molecular complexity index is 1370. The van der Waals surface area contributed by atoms with Crippen molar-refractivity contribution in [3.8, 4) is 23.0 Å². The van der Waals surface area contributed by atoms with Gasteiger partial charge in [0.15, 0.2) is 28.8 Å². The lowest BCUT2D eigenvalue weighted by molar-refractivity contribution is -0.138. The highest BCUT2D eigenvalue weighted by Gasteiger charge is 2.42. The topological polar surface area (TPSA) is 103 Å². The van der Waals surface area contributed by atoms with Crippen molar-refractivity contribution in [3.63, 3.8) is 0 Å². The van der Waals surface area contributed by atoms with Crippen LogP contribution in [0.4, 0.5) is 0 Å². The molecule has 0 fully saturated rings. The number of phenols is 1. The number of methoxy groups -OCH3 is 3. The smallest absolute Gasteiger partial charge is 0.336 e. The summed E-state index contributed by atoms with van der Waals surface area (Å²) < 4.78 is 22.3. The number of rotatable bonds is 10. The van der Waals surface area contributed by atoms with E-state index in [9.17, 15) is 14.7 Å². The molecule has 40 heavy (non-hydrogen) atoms. The summed E-state index contributed by atoms with van der Waals surface area (Å²) in [4.78, 5) is 27.4. The largest absolute Gasteiger partial charge is 0.503 e. The highest BCUT2D eigenvalue weighted by Crippen LogP contribution is 2.48. The van der Waals surface area contributed by atoms with Crippen LogP contribution in [0.15, 0.2) is 57.3 Å². The Morgan fingerprint density at radius 3 is 2.42 bits per heavy atom. The third-order valence-corrected chi connectivity index (χ3v) is 8.66. The van der Waals surface area contributed by atoms with Gasteiger partial charge in [-0.05, 0) is 76.3 Å². The molecule has 0 spiro atoms. The van der Waals surface area contributed by atoms with E-state index in [1.165, 1.54) is 7.11 Å². The summed E-state index contributed by atoms with van der Waals surface area (Å²) in [5.41, 5.74) is 3.89. The van der Waals surface area contributed by atoms with E-state index in [0.717, 1.165) is 17.0 Å². The van der Waals surface area contributed by atoms with Gasteiger partial charge in [0.1, 0.15) is 6.61 Å². The molecule has 8 nitrogen and oxygen atoms in total. The molecule has 0 aromatic heterocycles. The molecule has 2 N–H and O–H groups in total. The number of esters is 1. The second-order valence-electron chi connectivity index (χ2n) is 9.52. The summed E-state index contributed by atoms with van der Waals surface area (Å²) in [6.45, 7) is 4.14. The Morgan fingerprint density at radius 2 is 1.75 bits per heavy atom. The van der Waals surface area contributed by atoms with Crippen molar-refractivity contribution in [2.75, 3.05) is 39.4 Å². The van der Waals surface area contributed by atoms with Crippen molar-refractivity contribution in [1.29, 1.82) is 0 Å². The first-order chi connectivity index (χ1) is 19.2. The van der Waals surface area contributed by atoms with Crippen LogP contribution in [0, 0.1) is 0 Å². The summed E-state index contributed by atoms with van der Waals surface area (Å²) in [6, 6.07) is 9.09. The standard InChI is InChI=1S/C30H34BrNO7S/c1-6-40-10-9-39-30(35)26-16(2)32-21-12-18(17-7-8-23(36-3)24(14-17)37-4)13-22(33)28(21)27(26)19-11-20(31)29(34)25(15-19)38-5/h7-8,11,14-15,18,27,32,34H,6,9-10,12-13H2,1-5H3/t18-,27+/m0/s1. The fourth-order valence-electron chi connectivity index (χ4n) is 5.32. The number of nitrogens with one attached hydrogen (secondary N) is 1. The van der Waals surface area contributed by atoms with Crippen LogP contribution in [0.5, 0.6) is 23.0 Å². The number of ether oxygens (including phenoxy) is 4. The monoisotopic (exact) mass is 631 g/mol. The van der Waals surface area contributed by atoms with Gasteiger partial charge in [-0.3, -0.25) is 4.79 Å². The predicted octanol–water partition coefficient (Wildman–Crippen LogP) is 5.84. The van der Waals surface area contributed by atoms with Crippen LogP contribution < -0.4 is 19.5 Å². The average molecular weight is 633 g/mol. The van der Waals surface area contributed by atoms with Crippen molar-refractivity contribution >= 4 is 39.4 Å². The molecule has 0 bridgehead atoms. The van der Waals surface area contributed by atoms with E-state index in [-0.39, 0.29) is 36.2 Å². The van der Waals surface area contributed by atoms with Crippen LogP contribution in [0.1, 0.15) is 49.7 Å². The number of benzene rings is 2. The number of carbonyl (C=O) groups is 2. The van der Waals surface area contributed by atoms with E-state index in [0.29, 0.717) is 50.6 Å². The maximum atomic E-state index is 13.9. The van der Waals surface area contributed by atoms with Crippen LogP contribution >= 0.6 is 27.7 Å². The van der Waals surface area contributed by atoms with Gasteiger partial charge in [-0.15, -0.1) is 0 Å². The van der Waals surface area contributed by atoms with Gasteiger partial charge in [0.25, 0.3) is 0 Å². The van der Waals surface area contributed by atoms with Gasteiger partial charge in [0.05, 0.1) is 31.4 Å². The number of dihydropyridines is 1. The van der Waals surface area contributed by atoms with Crippen LogP contribution in [-0.2, 0) is 14.3 Å². The normalized spacial score (nSPS) is 18.7. The van der Waals surface area contributed by atoms with Gasteiger partial charge < -0.3 is 29.4 Å². The molecule has 1 heterocycles. The molecule has 0 saturated heterocycles. The molecule has 0 radical (unpaired) electrons. The zero-order chi connectivity index (χ0) is 29.0. The molecule has 2 aromatic rings. The van der Waals surface area contributed by atoms with Crippen LogP contribution in [0.2, 0.25) is 0 Å². The van der Waals surface area contributed by atoms with Gasteiger partial charge in [0.2, 0.25) is 0 Å². The van der Waals surface area contributed by atoms with E-state index in [1.54, 1.807) is 38.1 Å². The Balaban J connectivity index is 1.78. The fraction of sp³-hybridized carbons (Fsp3) is 0.400. The number of thioether (sulfide) groups is 1. The minimum atomic E-state index is -0.688. The molecule has 0 saturated carbocycles. The van der Waals surface area contributed by atoms with Gasteiger partial charge in [-0.25, -0.2) is 4.79 Å². The van der Waals surface area contributed by atoms with E-state index < -0.39 is 11.9 Å². The van der Waals surface area contributed by atoms with Crippen LogP contribution in [0.3, 0.4) is 0 Å². The molecule has 0 amide bonds. The highest BCUT2D eigenvalue weighted by molar-refractivity contribution is 9.10. The van der Waals surface area contributed by atoms with Crippen molar-refractivity contribution in [3.05, 3.63) is 68.5 Å². The summed E-state index contributed by atoms with van der Waals surface area (Å²) in [6.07, 6.45) is 0.827. The number of carbonyl (C=O) groups excluding carboxylic acids is 2. The third-order valence-electron chi connectivity index (χ3n) is 7.20. The van der Waals surface area contributed by atoms with Gasteiger partial charge >= 0.3 is 5.97 Å². The lowest BCUT2D eigenvalue weighted by Crippen LogP contribution is -2.36. The summed E-state index contributed by atoms with van der Waals surface area (Å²) in [7, 11) is 4.63. The lowest BCUT2D eigenvalue weighted by Gasteiger charge is -2.37. The molecule has 4 rings (SSSR count). The second kappa shape index (κ2) is 13.0. The van der Waals surface area contributed by atoms with Gasteiger partial charge in [0, 0.05) is 35.1 Å². The first kappa shape index (κ1) is 29.9. The number of ketones is 1. The highest BCUT2D eigenvalue weighted by atomic mass is 79.9. The van der Waals surface area contributed by atoms with Gasteiger partial charge in [-0.2, -0.15) is 11.8 Å². The number of allylic oxidation sites excluding steroid dienone is 3. The molecule has 2 atom stereocenters. The molecule has 1 aliphatic heterocycles. The Hall–Kier alpha value is -3.11. The lowest BCUT2D eigenvalue weighted by atomic mass is 9.71. The Kier molecular flexibility index (Phi) is 9.73.